The van der Waals surface area contributed by atoms with Crippen LogP contribution in [0.15, 0.2) is 66.0 Å². The number of nitrogens with zero attached hydrogens (tertiary/aromatic N) is 1. The molecule has 0 amide bonds. The highest BCUT2D eigenvalue weighted by atomic mass is 16.5. The minimum atomic E-state index is -0.679. The molecule has 33 heavy (non-hydrogen) atoms. The first kappa shape index (κ1) is 23.7. The standard InChI is InChI=1S/C25H27NO7/c1-29-18-8-6-7-17(12-18)23-19(24(27)32-4)14-26(15-20(23)25(28)33-5)13-16-9-10-21(30-2)22(11-16)31-3/h6-12,14-15,23H,13H2,1-5H3. The van der Waals surface area contributed by atoms with E-state index in [1.165, 1.54) is 14.2 Å². The summed E-state index contributed by atoms with van der Waals surface area (Å²) < 4.78 is 26.1. The van der Waals surface area contributed by atoms with Crippen molar-refractivity contribution in [1.82, 2.24) is 4.90 Å². The maximum absolute atomic E-state index is 12.8. The van der Waals surface area contributed by atoms with Gasteiger partial charge in [-0.15, -0.1) is 0 Å². The topological polar surface area (TPSA) is 83.5 Å². The van der Waals surface area contributed by atoms with E-state index in [-0.39, 0.29) is 0 Å². The first-order chi connectivity index (χ1) is 15.9. The Bertz CT molecular complexity index is 1060. The molecule has 1 heterocycles. The van der Waals surface area contributed by atoms with E-state index in [4.69, 9.17) is 23.7 Å². The van der Waals surface area contributed by atoms with Gasteiger partial charge in [-0.25, -0.2) is 9.59 Å². The molecule has 2 aromatic rings. The van der Waals surface area contributed by atoms with Crippen LogP contribution >= 0.6 is 0 Å². The lowest BCUT2D eigenvalue weighted by molar-refractivity contribution is -0.137. The molecule has 0 fully saturated rings. The molecule has 0 aliphatic carbocycles. The first-order valence-electron chi connectivity index (χ1n) is 10.2. The third-order valence-corrected chi connectivity index (χ3v) is 5.31. The van der Waals surface area contributed by atoms with Crippen molar-refractivity contribution in [3.63, 3.8) is 0 Å². The minimum absolute atomic E-state index is 0.300. The zero-order valence-electron chi connectivity index (χ0n) is 19.3. The van der Waals surface area contributed by atoms with Gasteiger partial charge >= 0.3 is 11.9 Å². The van der Waals surface area contributed by atoms with Crippen LogP contribution in [-0.2, 0) is 25.6 Å². The number of rotatable bonds is 8. The molecule has 0 aromatic heterocycles. The van der Waals surface area contributed by atoms with Crippen LogP contribution in [-0.4, -0.2) is 52.4 Å². The van der Waals surface area contributed by atoms with E-state index < -0.39 is 17.9 Å². The van der Waals surface area contributed by atoms with Crippen LogP contribution in [0, 0.1) is 0 Å². The Balaban J connectivity index is 2.07. The van der Waals surface area contributed by atoms with Gasteiger partial charge in [0, 0.05) is 18.9 Å². The molecule has 0 radical (unpaired) electrons. The van der Waals surface area contributed by atoms with Crippen molar-refractivity contribution in [2.24, 2.45) is 0 Å². The van der Waals surface area contributed by atoms with E-state index in [1.807, 2.05) is 18.2 Å². The van der Waals surface area contributed by atoms with Crippen molar-refractivity contribution in [3.8, 4) is 17.2 Å². The molecule has 0 unspecified atom stereocenters. The quantitative estimate of drug-likeness (QED) is 0.563. The van der Waals surface area contributed by atoms with Gasteiger partial charge in [-0.2, -0.15) is 0 Å². The van der Waals surface area contributed by atoms with E-state index in [9.17, 15) is 9.59 Å². The Morgan fingerprint density at radius 2 is 1.42 bits per heavy atom. The van der Waals surface area contributed by atoms with Crippen molar-refractivity contribution in [1.29, 1.82) is 0 Å². The second-order valence-corrected chi connectivity index (χ2v) is 7.22. The fraction of sp³-hybridized carbons (Fsp3) is 0.280. The Labute approximate surface area is 192 Å². The van der Waals surface area contributed by atoms with Gasteiger partial charge in [0.15, 0.2) is 11.5 Å². The largest absolute Gasteiger partial charge is 0.497 e. The Morgan fingerprint density at radius 3 is 1.97 bits per heavy atom. The number of benzene rings is 2. The number of ether oxygens (including phenoxy) is 5. The molecule has 1 aliphatic rings. The summed E-state index contributed by atoms with van der Waals surface area (Å²) in [4.78, 5) is 27.3. The SMILES string of the molecule is COC(=O)C1=CN(Cc2ccc(OC)c(OC)c2)C=C(C(=O)OC)C1c1cccc(OC)c1. The molecular formula is C25H27NO7. The molecule has 3 rings (SSSR count). The van der Waals surface area contributed by atoms with Gasteiger partial charge in [0.2, 0.25) is 0 Å². The summed E-state index contributed by atoms with van der Waals surface area (Å²) in [6, 6.07) is 12.7. The van der Waals surface area contributed by atoms with Crippen LogP contribution in [0.5, 0.6) is 17.2 Å². The summed E-state index contributed by atoms with van der Waals surface area (Å²) in [5.74, 6) is 0.0183. The van der Waals surface area contributed by atoms with Crippen molar-refractivity contribution < 1.29 is 33.3 Å². The Hall–Kier alpha value is -3.94. The summed E-state index contributed by atoms with van der Waals surface area (Å²) in [5, 5.41) is 0. The number of hydrogen-bond acceptors (Lipinski definition) is 8. The zero-order chi connectivity index (χ0) is 24.0. The molecule has 0 spiro atoms. The van der Waals surface area contributed by atoms with Gasteiger partial charge in [0.1, 0.15) is 5.75 Å². The highest BCUT2D eigenvalue weighted by molar-refractivity contribution is 5.98. The molecule has 1 aliphatic heterocycles. The van der Waals surface area contributed by atoms with E-state index in [2.05, 4.69) is 0 Å². The van der Waals surface area contributed by atoms with Crippen molar-refractivity contribution in [2.75, 3.05) is 35.5 Å². The molecule has 174 valence electrons. The summed E-state index contributed by atoms with van der Waals surface area (Å²) in [7, 11) is 7.30. The molecule has 0 saturated carbocycles. The van der Waals surface area contributed by atoms with E-state index in [1.54, 1.807) is 62.9 Å². The maximum atomic E-state index is 12.8. The second kappa shape index (κ2) is 10.6. The molecule has 2 aromatic carbocycles. The van der Waals surface area contributed by atoms with E-state index in [0.717, 1.165) is 5.56 Å². The van der Waals surface area contributed by atoms with Crippen LogP contribution in [0.4, 0.5) is 0 Å². The number of methoxy groups -OCH3 is 5. The first-order valence-corrected chi connectivity index (χ1v) is 10.2. The second-order valence-electron chi connectivity index (χ2n) is 7.22. The molecule has 0 saturated heterocycles. The van der Waals surface area contributed by atoms with Crippen LogP contribution < -0.4 is 14.2 Å². The van der Waals surface area contributed by atoms with Gasteiger partial charge in [0.05, 0.1) is 52.6 Å². The Morgan fingerprint density at radius 1 is 0.788 bits per heavy atom. The average Bonchev–Trinajstić information content (AvgIpc) is 2.86. The van der Waals surface area contributed by atoms with Gasteiger partial charge in [-0.1, -0.05) is 18.2 Å². The van der Waals surface area contributed by atoms with Gasteiger partial charge in [0.25, 0.3) is 0 Å². The van der Waals surface area contributed by atoms with Crippen molar-refractivity contribution in [2.45, 2.75) is 12.5 Å². The van der Waals surface area contributed by atoms with Gasteiger partial charge < -0.3 is 28.6 Å². The van der Waals surface area contributed by atoms with Crippen molar-refractivity contribution >= 4 is 11.9 Å². The summed E-state index contributed by atoms with van der Waals surface area (Å²) >= 11 is 0. The van der Waals surface area contributed by atoms with E-state index in [0.29, 0.717) is 40.5 Å². The van der Waals surface area contributed by atoms with Gasteiger partial charge in [-0.3, -0.25) is 0 Å². The fourth-order valence-corrected chi connectivity index (χ4v) is 3.75. The monoisotopic (exact) mass is 453 g/mol. The fourth-order valence-electron chi connectivity index (χ4n) is 3.75. The molecule has 0 bridgehead atoms. The zero-order valence-corrected chi connectivity index (χ0v) is 19.3. The highest BCUT2D eigenvalue weighted by Gasteiger charge is 2.35. The summed E-state index contributed by atoms with van der Waals surface area (Å²) in [6.07, 6.45) is 3.36. The third kappa shape index (κ3) is 5.11. The number of carbonyl (C=O) groups is 2. The maximum Gasteiger partial charge on any atom is 0.336 e. The smallest absolute Gasteiger partial charge is 0.336 e. The third-order valence-electron chi connectivity index (χ3n) is 5.31. The van der Waals surface area contributed by atoms with Crippen LogP contribution in [0.2, 0.25) is 0 Å². The average molecular weight is 453 g/mol. The highest BCUT2D eigenvalue weighted by Crippen LogP contribution is 2.39. The molecule has 8 nitrogen and oxygen atoms in total. The van der Waals surface area contributed by atoms with Crippen molar-refractivity contribution in [3.05, 3.63) is 77.1 Å². The lowest BCUT2D eigenvalue weighted by Crippen LogP contribution is -2.28. The van der Waals surface area contributed by atoms with Crippen LogP contribution in [0.25, 0.3) is 0 Å². The molecule has 0 N–H and O–H groups in total. The normalized spacial score (nSPS) is 13.5. The molecular weight excluding hydrogens is 426 g/mol. The lowest BCUT2D eigenvalue weighted by atomic mass is 9.83. The molecule has 0 atom stereocenters. The van der Waals surface area contributed by atoms with Crippen LogP contribution in [0.3, 0.4) is 0 Å². The lowest BCUT2D eigenvalue weighted by Gasteiger charge is -2.30. The van der Waals surface area contributed by atoms with Crippen LogP contribution in [0.1, 0.15) is 17.0 Å². The summed E-state index contributed by atoms with van der Waals surface area (Å²) in [6.45, 7) is 0.367. The number of esters is 2. The number of carbonyl (C=O) groups excluding carboxylic acids is 2. The minimum Gasteiger partial charge on any atom is -0.497 e. The predicted octanol–water partition coefficient (Wildman–Crippen LogP) is 3.43. The van der Waals surface area contributed by atoms with Gasteiger partial charge in [-0.05, 0) is 35.4 Å². The summed E-state index contributed by atoms with van der Waals surface area (Å²) in [5.41, 5.74) is 2.19. The number of hydrogen-bond donors (Lipinski definition) is 0. The Kier molecular flexibility index (Phi) is 7.61. The molecule has 8 heteroatoms. The van der Waals surface area contributed by atoms with E-state index >= 15 is 0 Å². The predicted molar refractivity (Wildman–Crippen MR) is 121 cm³/mol.